The van der Waals surface area contributed by atoms with Gasteiger partial charge in [-0.1, -0.05) is 13.3 Å². The third-order valence-corrected chi connectivity index (χ3v) is 2.01. The molecule has 5 N–H and O–H groups in total. The Hall–Kier alpha value is -1.63. The van der Waals surface area contributed by atoms with Crippen LogP contribution in [0, 0.1) is 0 Å². The zero-order chi connectivity index (χ0) is 12.7. The van der Waals surface area contributed by atoms with Crippen LogP contribution in [0.4, 0.5) is 0 Å². The number of carbonyl (C=O) groups is 3. The van der Waals surface area contributed by atoms with Crippen LogP contribution in [0.15, 0.2) is 0 Å². The minimum atomic E-state index is -1.09. The van der Waals surface area contributed by atoms with Gasteiger partial charge in [-0.15, -0.1) is 0 Å². The number of rotatable bonds is 8. The van der Waals surface area contributed by atoms with Gasteiger partial charge >= 0.3 is 5.97 Å². The average Bonchev–Trinajstić information content (AvgIpc) is 2.10. The lowest BCUT2D eigenvalue weighted by Crippen LogP contribution is -2.48. The average molecular weight is 231 g/mol. The highest BCUT2D eigenvalue weighted by Crippen LogP contribution is 2.07. The summed E-state index contributed by atoms with van der Waals surface area (Å²) < 4.78 is 0. The molecule has 0 aromatic rings. The van der Waals surface area contributed by atoms with Gasteiger partial charge in [-0.2, -0.15) is 0 Å². The molecule has 0 rings (SSSR count). The Labute approximate surface area is 93.4 Å². The van der Waals surface area contributed by atoms with Crippen LogP contribution >= 0.6 is 0 Å². The van der Waals surface area contributed by atoms with Gasteiger partial charge in [-0.25, -0.2) is 0 Å². The zero-order valence-electron chi connectivity index (χ0n) is 9.18. The first kappa shape index (κ1) is 14.4. The molecule has 0 aliphatic heterocycles. The second kappa shape index (κ2) is 6.78. The SMILES string of the molecule is CCCC(C(=O)O)N(CC(N)=O)CC(N)=O. The van der Waals surface area contributed by atoms with Gasteiger partial charge in [0.15, 0.2) is 0 Å². The van der Waals surface area contributed by atoms with E-state index in [1.807, 2.05) is 6.92 Å². The molecule has 0 saturated carbocycles. The predicted octanol–water partition coefficient (Wildman–Crippen LogP) is -1.49. The van der Waals surface area contributed by atoms with Crippen molar-refractivity contribution in [2.75, 3.05) is 13.1 Å². The molecule has 0 saturated heterocycles. The largest absolute Gasteiger partial charge is 0.480 e. The van der Waals surface area contributed by atoms with Crippen molar-refractivity contribution in [3.05, 3.63) is 0 Å². The molecule has 0 aromatic carbocycles. The maximum absolute atomic E-state index is 10.9. The predicted molar refractivity (Wildman–Crippen MR) is 56.3 cm³/mol. The topological polar surface area (TPSA) is 127 Å². The molecule has 0 bridgehead atoms. The van der Waals surface area contributed by atoms with Crippen molar-refractivity contribution in [2.24, 2.45) is 11.5 Å². The quantitative estimate of drug-likeness (QED) is 0.469. The highest BCUT2D eigenvalue weighted by Gasteiger charge is 2.26. The molecule has 0 spiro atoms. The highest BCUT2D eigenvalue weighted by atomic mass is 16.4. The molecule has 0 heterocycles. The van der Waals surface area contributed by atoms with E-state index in [2.05, 4.69) is 0 Å². The molecule has 0 aliphatic carbocycles. The van der Waals surface area contributed by atoms with Crippen molar-refractivity contribution in [3.8, 4) is 0 Å². The van der Waals surface area contributed by atoms with Crippen LogP contribution in [0.2, 0.25) is 0 Å². The number of amides is 2. The van der Waals surface area contributed by atoms with E-state index in [1.54, 1.807) is 0 Å². The fourth-order valence-corrected chi connectivity index (χ4v) is 1.41. The second-order valence-electron chi connectivity index (χ2n) is 3.48. The first-order valence-electron chi connectivity index (χ1n) is 4.92. The van der Waals surface area contributed by atoms with E-state index in [9.17, 15) is 14.4 Å². The number of hydrogen-bond donors (Lipinski definition) is 3. The van der Waals surface area contributed by atoms with Crippen LogP contribution in [0.5, 0.6) is 0 Å². The number of nitrogens with two attached hydrogens (primary N) is 2. The lowest BCUT2D eigenvalue weighted by molar-refractivity contribution is -0.144. The van der Waals surface area contributed by atoms with E-state index < -0.39 is 23.8 Å². The molecule has 0 aromatic heterocycles. The summed E-state index contributed by atoms with van der Waals surface area (Å²) in [6.07, 6.45) is 0.945. The minimum absolute atomic E-state index is 0.292. The number of nitrogens with zero attached hydrogens (tertiary/aromatic N) is 1. The molecule has 2 amide bonds. The van der Waals surface area contributed by atoms with Crippen molar-refractivity contribution < 1.29 is 19.5 Å². The van der Waals surface area contributed by atoms with Crippen molar-refractivity contribution in [2.45, 2.75) is 25.8 Å². The Morgan fingerprint density at radius 2 is 1.62 bits per heavy atom. The van der Waals surface area contributed by atoms with E-state index in [0.29, 0.717) is 12.8 Å². The lowest BCUT2D eigenvalue weighted by atomic mass is 10.1. The summed E-state index contributed by atoms with van der Waals surface area (Å²) >= 11 is 0. The van der Waals surface area contributed by atoms with Crippen LogP contribution in [0.25, 0.3) is 0 Å². The third-order valence-electron chi connectivity index (χ3n) is 2.01. The Balaban J connectivity index is 4.72. The molecule has 0 radical (unpaired) electrons. The summed E-state index contributed by atoms with van der Waals surface area (Å²) in [5.41, 5.74) is 9.96. The number of aliphatic carboxylic acids is 1. The Morgan fingerprint density at radius 1 is 1.19 bits per heavy atom. The molecule has 7 heteroatoms. The molecule has 92 valence electrons. The zero-order valence-corrected chi connectivity index (χ0v) is 9.18. The molecule has 1 atom stereocenters. The first-order chi connectivity index (χ1) is 7.38. The summed E-state index contributed by atoms with van der Waals surface area (Å²) in [7, 11) is 0. The summed E-state index contributed by atoms with van der Waals surface area (Å²) in [4.78, 5) is 33.6. The van der Waals surface area contributed by atoms with E-state index in [0.717, 1.165) is 0 Å². The van der Waals surface area contributed by atoms with E-state index in [4.69, 9.17) is 16.6 Å². The Morgan fingerprint density at radius 3 is 1.88 bits per heavy atom. The van der Waals surface area contributed by atoms with Crippen LogP contribution in [0.3, 0.4) is 0 Å². The summed E-state index contributed by atoms with van der Waals surface area (Å²) in [6, 6.07) is -0.912. The van der Waals surface area contributed by atoms with Gasteiger partial charge in [0.2, 0.25) is 11.8 Å². The van der Waals surface area contributed by atoms with Gasteiger partial charge in [-0.3, -0.25) is 19.3 Å². The van der Waals surface area contributed by atoms with E-state index >= 15 is 0 Å². The van der Waals surface area contributed by atoms with Crippen molar-refractivity contribution >= 4 is 17.8 Å². The lowest BCUT2D eigenvalue weighted by Gasteiger charge is -2.25. The molecular formula is C9H17N3O4. The number of carboxylic acid groups (broad SMARTS) is 1. The summed E-state index contributed by atoms with van der Waals surface area (Å²) in [5.74, 6) is -2.48. The Kier molecular flexibility index (Phi) is 6.09. The number of carbonyl (C=O) groups excluding carboxylic acids is 2. The molecule has 7 nitrogen and oxygen atoms in total. The normalized spacial score (nSPS) is 12.4. The van der Waals surface area contributed by atoms with Gasteiger partial charge in [0.05, 0.1) is 13.1 Å². The van der Waals surface area contributed by atoms with Crippen molar-refractivity contribution in [1.29, 1.82) is 0 Å². The second-order valence-corrected chi connectivity index (χ2v) is 3.48. The first-order valence-corrected chi connectivity index (χ1v) is 4.92. The van der Waals surface area contributed by atoms with Gasteiger partial charge in [0, 0.05) is 0 Å². The van der Waals surface area contributed by atoms with Gasteiger partial charge in [0.25, 0.3) is 0 Å². The van der Waals surface area contributed by atoms with E-state index in [1.165, 1.54) is 4.90 Å². The maximum atomic E-state index is 10.9. The fourth-order valence-electron chi connectivity index (χ4n) is 1.41. The van der Waals surface area contributed by atoms with Crippen LogP contribution in [-0.4, -0.2) is 46.9 Å². The van der Waals surface area contributed by atoms with Crippen LogP contribution in [-0.2, 0) is 14.4 Å². The number of carboxylic acids is 1. The minimum Gasteiger partial charge on any atom is -0.480 e. The number of hydrogen-bond acceptors (Lipinski definition) is 4. The van der Waals surface area contributed by atoms with Crippen LogP contribution in [0.1, 0.15) is 19.8 Å². The number of primary amides is 2. The maximum Gasteiger partial charge on any atom is 0.320 e. The molecule has 0 fully saturated rings. The smallest absolute Gasteiger partial charge is 0.320 e. The summed E-state index contributed by atoms with van der Waals surface area (Å²) in [5, 5.41) is 8.95. The van der Waals surface area contributed by atoms with Crippen molar-refractivity contribution in [1.82, 2.24) is 4.90 Å². The van der Waals surface area contributed by atoms with Crippen LogP contribution < -0.4 is 11.5 Å². The van der Waals surface area contributed by atoms with Crippen molar-refractivity contribution in [3.63, 3.8) is 0 Å². The monoisotopic (exact) mass is 231 g/mol. The van der Waals surface area contributed by atoms with Gasteiger partial charge < -0.3 is 16.6 Å². The molecule has 0 aliphatic rings. The highest BCUT2D eigenvalue weighted by molar-refractivity contribution is 5.81. The third kappa shape index (κ3) is 5.30. The fraction of sp³-hybridized carbons (Fsp3) is 0.667. The molecular weight excluding hydrogens is 214 g/mol. The molecule has 1 unspecified atom stereocenters. The summed E-state index contributed by atoms with van der Waals surface area (Å²) in [6.45, 7) is 1.22. The molecule has 16 heavy (non-hydrogen) atoms. The van der Waals surface area contributed by atoms with Gasteiger partial charge in [0.1, 0.15) is 6.04 Å². The van der Waals surface area contributed by atoms with Gasteiger partial charge in [-0.05, 0) is 6.42 Å². The van der Waals surface area contributed by atoms with E-state index in [-0.39, 0.29) is 13.1 Å². The Bertz CT molecular complexity index is 264. The standard InChI is InChI=1S/C9H17N3O4/c1-2-3-6(9(15)16)12(4-7(10)13)5-8(11)14/h6H,2-5H2,1H3,(H2,10,13)(H2,11,14)(H,15,16).